The van der Waals surface area contributed by atoms with E-state index >= 15 is 0 Å². The van der Waals surface area contributed by atoms with Crippen LogP contribution in [0.4, 0.5) is 0 Å². The second-order valence-corrected chi connectivity index (χ2v) is 5.79. The summed E-state index contributed by atoms with van der Waals surface area (Å²) in [7, 11) is 0. The molecule has 98 valence electrons. The lowest BCUT2D eigenvalue weighted by Crippen LogP contribution is -2.42. The highest BCUT2D eigenvalue weighted by Gasteiger charge is 2.31. The third-order valence-corrected chi connectivity index (χ3v) is 3.49. The van der Waals surface area contributed by atoms with Crippen molar-refractivity contribution < 1.29 is 4.74 Å². The van der Waals surface area contributed by atoms with E-state index in [1.807, 2.05) is 6.92 Å². The van der Waals surface area contributed by atoms with Crippen molar-refractivity contribution >= 4 is 0 Å². The summed E-state index contributed by atoms with van der Waals surface area (Å²) in [5.74, 6) is 0.557. The third-order valence-electron chi connectivity index (χ3n) is 3.49. The van der Waals surface area contributed by atoms with Crippen molar-refractivity contribution in [3.8, 4) is 6.07 Å². The SMILES string of the molecule is CC(C)C(C)OCCCC(C)(C#N)NC1CC1. The number of nitrogens with zero attached hydrogens (tertiary/aromatic N) is 1. The summed E-state index contributed by atoms with van der Waals surface area (Å²) in [5.41, 5.74) is -0.369. The lowest BCUT2D eigenvalue weighted by molar-refractivity contribution is 0.0315. The van der Waals surface area contributed by atoms with Gasteiger partial charge in [-0.1, -0.05) is 13.8 Å². The van der Waals surface area contributed by atoms with E-state index in [0.717, 1.165) is 19.4 Å². The van der Waals surface area contributed by atoms with E-state index in [4.69, 9.17) is 4.74 Å². The first kappa shape index (κ1) is 14.5. The number of rotatable bonds is 8. The first-order chi connectivity index (χ1) is 7.97. The Morgan fingerprint density at radius 2 is 2.06 bits per heavy atom. The smallest absolute Gasteiger partial charge is 0.104 e. The van der Waals surface area contributed by atoms with Gasteiger partial charge in [0.1, 0.15) is 5.54 Å². The summed E-state index contributed by atoms with van der Waals surface area (Å²) in [6.07, 6.45) is 4.56. The Bertz CT molecular complexity index is 268. The van der Waals surface area contributed by atoms with Gasteiger partial charge in [-0.05, 0) is 45.4 Å². The van der Waals surface area contributed by atoms with E-state index in [0.29, 0.717) is 18.1 Å². The molecule has 3 heteroatoms. The quantitative estimate of drug-likeness (QED) is 0.661. The van der Waals surface area contributed by atoms with Crippen LogP contribution in [0.3, 0.4) is 0 Å². The molecule has 0 radical (unpaired) electrons. The topological polar surface area (TPSA) is 45.0 Å². The number of hydrogen-bond donors (Lipinski definition) is 1. The number of nitrogens with one attached hydrogen (secondary N) is 1. The van der Waals surface area contributed by atoms with E-state index < -0.39 is 0 Å². The van der Waals surface area contributed by atoms with E-state index in [2.05, 4.69) is 32.2 Å². The predicted molar refractivity (Wildman–Crippen MR) is 69.7 cm³/mol. The summed E-state index contributed by atoms with van der Waals surface area (Å²) in [4.78, 5) is 0. The third kappa shape index (κ3) is 5.52. The number of hydrogen-bond acceptors (Lipinski definition) is 3. The molecule has 1 fully saturated rings. The van der Waals surface area contributed by atoms with Crippen LogP contribution in [0.15, 0.2) is 0 Å². The molecule has 3 nitrogen and oxygen atoms in total. The highest BCUT2D eigenvalue weighted by Crippen LogP contribution is 2.24. The molecular formula is C14H26N2O. The molecule has 0 amide bonds. The molecule has 2 unspecified atom stereocenters. The maximum Gasteiger partial charge on any atom is 0.104 e. The van der Waals surface area contributed by atoms with Crippen LogP contribution in [0.1, 0.15) is 53.4 Å². The predicted octanol–water partition coefficient (Wildman–Crippen LogP) is 2.86. The van der Waals surface area contributed by atoms with Gasteiger partial charge in [0.25, 0.3) is 0 Å². The minimum absolute atomic E-state index is 0.305. The Hall–Kier alpha value is -0.590. The number of ether oxygens (including phenoxy) is 1. The summed E-state index contributed by atoms with van der Waals surface area (Å²) < 4.78 is 5.73. The number of nitriles is 1. The molecular weight excluding hydrogens is 212 g/mol. The van der Waals surface area contributed by atoms with Gasteiger partial charge in [0.2, 0.25) is 0 Å². The van der Waals surface area contributed by atoms with Crippen LogP contribution < -0.4 is 5.32 Å². The molecule has 0 bridgehead atoms. The fourth-order valence-corrected chi connectivity index (χ4v) is 1.73. The standard InChI is InChI=1S/C14H26N2O/c1-11(2)12(3)17-9-5-8-14(4,10-15)16-13-6-7-13/h11-13,16H,5-9H2,1-4H3. The van der Waals surface area contributed by atoms with Crippen LogP contribution in [0.25, 0.3) is 0 Å². The molecule has 0 saturated heterocycles. The van der Waals surface area contributed by atoms with Crippen LogP contribution in [-0.4, -0.2) is 24.3 Å². The van der Waals surface area contributed by atoms with E-state index in [1.54, 1.807) is 0 Å². The van der Waals surface area contributed by atoms with Crippen LogP contribution in [0.5, 0.6) is 0 Å². The highest BCUT2D eigenvalue weighted by atomic mass is 16.5. The van der Waals surface area contributed by atoms with Gasteiger partial charge in [-0.25, -0.2) is 0 Å². The molecule has 0 aromatic rings. The second-order valence-electron chi connectivity index (χ2n) is 5.79. The van der Waals surface area contributed by atoms with Crippen molar-refractivity contribution in [2.24, 2.45) is 5.92 Å². The Morgan fingerprint density at radius 3 is 2.53 bits per heavy atom. The molecule has 1 saturated carbocycles. The van der Waals surface area contributed by atoms with Crippen molar-refractivity contribution in [3.63, 3.8) is 0 Å². The van der Waals surface area contributed by atoms with Crippen molar-refractivity contribution in [2.75, 3.05) is 6.61 Å². The average molecular weight is 238 g/mol. The Labute approximate surface area is 106 Å². The molecule has 1 aliphatic carbocycles. The van der Waals surface area contributed by atoms with Gasteiger partial charge in [-0.2, -0.15) is 5.26 Å². The normalized spacial score (nSPS) is 20.9. The molecule has 0 heterocycles. The molecule has 0 aliphatic heterocycles. The van der Waals surface area contributed by atoms with Crippen LogP contribution >= 0.6 is 0 Å². The van der Waals surface area contributed by atoms with Crippen molar-refractivity contribution in [1.82, 2.24) is 5.32 Å². The van der Waals surface area contributed by atoms with Gasteiger partial charge in [0.05, 0.1) is 12.2 Å². The summed E-state index contributed by atoms with van der Waals surface area (Å²) in [6.45, 7) is 9.19. The Balaban J connectivity index is 2.17. The first-order valence-corrected chi connectivity index (χ1v) is 6.77. The summed E-state index contributed by atoms with van der Waals surface area (Å²) >= 11 is 0. The molecule has 0 spiro atoms. The fraction of sp³-hybridized carbons (Fsp3) is 0.929. The Kier molecular flexibility index (Phi) is 5.42. The van der Waals surface area contributed by atoms with Gasteiger partial charge < -0.3 is 4.74 Å². The van der Waals surface area contributed by atoms with Gasteiger partial charge in [0, 0.05) is 12.6 Å². The second kappa shape index (κ2) is 6.37. The zero-order valence-electron chi connectivity index (χ0n) is 11.6. The van der Waals surface area contributed by atoms with Crippen LogP contribution in [0, 0.1) is 17.2 Å². The maximum absolute atomic E-state index is 9.21. The van der Waals surface area contributed by atoms with E-state index in [9.17, 15) is 5.26 Å². The molecule has 17 heavy (non-hydrogen) atoms. The highest BCUT2D eigenvalue weighted by molar-refractivity contribution is 5.06. The molecule has 2 atom stereocenters. The minimum Gasteiger partial charge on any atom is -0.378 e. The summed E-state index contributed by atoms with van der Waals surface area (Å²) in [5, 5.41) is 12.6. The van der Waals surface area contributed by atoms with Gasteiger partial charge in [-0.3, -0.25) is 5.32 Å². The zero-order valence-corrected chi connectivity index (χ0v) is 11.6. The van der Waals surface area contributed by atoms with E-state index in [1.165, 1.54) is 12.8 Å². The largest absolute Gasteiger partial charge is 0.378 e. The van der Waals surface area contributed by atoms with Gasteiger partial charge in [0.15, 0.2) is 0 Å². The first-order valence-electron chi connectivity index (χ1n) is 6.77. The zero-order chi connectivity index (χ0) is 12.9. The Morgan fingerprint density at radius 1 is 1.41 bits per heavy atom. The fourth-order valence-electron chi connectivity index (χ4n) is 1.73. The molecule has 0 aromatic heterocycles. The summed E-state index contributed by atoms with van der Waals surface area (Å²) in [6, 6.07) is 2.97. The minimum atomic E-state index is -0.369. The van der Waals surface area contributed by atoms with Crippen molar-refractivity contribution in [2.45, 2.75) is 71.1 Å². The van der Waals surface area contributed by atoms with E-state index in [-0.39, 0.29) is 5.54 Å². The monoisotopic (exact) mass is 238 g/mol. The van der Waals surface area contributed by atoms with Crippen LogP contribution in [-0.2, 0) is 4.74 Å². The lowest BCUT2D eigenvalue weighted by atomic mass is 9.97. The molecule has 1 N–H and O–H groups in total. The van der Waals surface area contributed by atoms with Crippen molar-refractivity contribution in [3.05, 3.63) is 0 Å². The molecule has 0 aromatic carbocycles. The van der Waals surface area contributed by atoms with Gasteiger partial charge >= 0.3 is 0 Å². The average Bonchev–Trinajstić information content (AvgIpc) is 3.07. The maximum atomic E-state index is 9.21. The van der Waals surface area contributed by atoms with Crippen LogP contribution in [0.2, 0.25) is 0 Å². The van der Waals surface area contributed by atoms with Crippen molar-refractivity contribution in [1.29, 1.82) is 5.26 Å². The molecule has 1 aliphatic rings. The van der Waals surface area contributed by atoms with Gasteiger partial charge in [-0.15, -0.1) is 0 Å². The molecule has 1 rings (SSSR count). The lowest BCUT2D eigenvalue weighted by Gasteiger charge is -2.24.